The molecule has 0 unspecified atom stereocenters. The number of hydrogen-bond acceptors (Lipinski definition) is 3. The summed E-state index contributed by atoms with van der Waals surface area (Å²) < 4.78 is 2.84. The van der Waals surface area contributed by atoms with Gasteiger partial charge in [0.15, 0.2) is 0 Å². The van der Waals surface area contributed by atoms with Gasteiger partial charge in [0.1, 0.15) is 0 Å². The molecule has 3 aromatic rings. The Bertz CT molecular complexity index is 705. The van der Waals surface area contributed by atoms with Crippen LogP contribution in [0, 0.1) is 0 Å². The van der Waals surface area contributed by atoms with Gasteiger partial charge in [-0.3, -0.25) is 0 Å². The predicted octanol–water partition coefficient (Wildman–Crippen LogP) is 2.64. The van der Waals surface area contributed by atoms with Gasteiger partial charge in [0.25, 0.3) is 0 Å². The average molecular weight is 303 g/mol. The molecule has 0 aliphatic heterocycles. The maximum atomic E-state index is 5.66. The van der Waals surface area contributed by atoms with Crippen molar-refractivity contribution in [2.45, 2.75) is 6.54 Å². The van der Waals surface area contributed by atoms with Gasteiger partial charge in [0, 0.05) is 11.0 Å². The number of nitrogens with zero attached hydrogens (tertiary/aromatic N) is 3. The minimum absolute atomic E-state index is 0.422. The number of benzene rings is 2. The van der Waals surface area contributed by atoms with Crippen LogP contribution in [-0.4, -0.2) is 15.0 Å². The lowest BCUT2D eigenvalue weighted by Gasteiger charge is -2.06. The SMILES string of the molecule is NCc1cnnn1-c1ccc2cc(Br)ccc2c1. The Morgan fingerprint density at radius 1 is 1.11 bits per heavy atom. The molecule has 0 radical (unpaired) electrons. The molecule has 0 saturated carbocycles. The Morgan fingerprint density at radius 2 is 1.89 bits per heavy atom. The van der Waals surface area contributed by atoms with Crippen molar-refractivity contribution in [1.29, 1.82) is 0 Å². The van der Waals surface area contributed by atoms with Crippen LogP contribution in [0.4, 0.5) is 0 Å². The molecule has 4 nitrogen and oxygen atoms in total. The van der Waals surface area contributed by atoms with Crippen LogP contribution < -0.4 is 5.73 Å². The van der Waals surface area contributed by atoms with Crippen LogP contribution in [0.15, 0.2) is 47.1 Å². The molecule has 0 bridgehead atoms. The van der Waals surface area contributed by atoms with E-state index in [1.54, 1.807) is 10.9 Å². The van der Waals surface area contributed by atoms with Crippen LogP contribution in [0.3, 0.4) is 0 Å². The van der Waals surface area contributed by atoms with Crippen molar-refractivity contribution < 1.29 is 0 Å². The van der Waals surface area contributed by atoms with Gasteiger partial charge in [-0.1, -0.05) is 33.3 Å². The number of hydrogen-bond donors (Lipinski definition) is 1. The molecule has 0 aliphatic rings. The molecule has 0 atom stereocenters. The minimum Gasteiger partial charge on any atom is -0.325 e. The van der Waals surface area contributed by atoms with Crippen molar-refractivity contribution in [2.24, 2.45) is 5.73 Å². The van der Waals surface area contributed by atoms with Crippen molar-refractivity contribution >= 4 is 26.7 Å². The zero-order chi connectivity index (χ0) is 12.5. The summed E-state index contributed by atoms with van der Waals surface area (Å²) in [6.45, 7) is 0.422. The molecule has 3 rings (SSSR count). The van der Waals surface area contributed by atoms with E-state index in [2.05, 4.69) is 50.5 Å². The summed E-state index contributed by atoms with van der Waals surface area (Å²) in [4.78, 5) is 0. The Labute approximate surface area is 113 Å². The first-order valence-corrected chi connectivity index (χ1v) is 6.36. The van der Waals surface area contributed by atoms with E-state index < -0.39 is 0 Å². The molecule has 0 amide bonds. The van der Waals surface area contributed by atoms with Crippen molar-refractivity contribution in [3.8, 4) is 5.69 Å². The second-order valence-electron chi connectivity index (χ2n) is 4.02. The standard InChI is InChI=1S/C13H11BrN4/c14-11-3-1-10-6-12(4-2-9(10)5-11)18-13(7-15)8-16-17-18/h1-6,8H,7,15H2. The van der Waals surface area contributed by atoms with E-state index in [-0.39, 0.29) is 0 Å². The number of aromatic nitrogens is 3. The van der Waals surface area contributed by atoms with Gasteiger partial charge >= 0.3 is 0 Å². The summed E-state index contributed by atoms with van der Waals surface area (Å²) in [5, 5.41) is 10.3. The van der Waals surface area contributed by atoms with Gasteiger partial charge in [-0.05, 0) is 35.0 Å². The third kappa shape index (κ3) is 1.91. The zero-order valence-corrected chi connectivity index (χ0v) is 11.1. The molecule has 0 saturated heterocycles. The van der Waals surface area contributed by atoms with Crippen molar-refractivity contribution in [2.75, 3.05) is 0 Å². The Kier molecular flexibility index (Phi) is 2.85. The molecule has 1 heterocycles. The van der Waals surface area contributed by atoms with Crippen LogP contribution in [0.2, 0.25) is 0 Å². The molecule has 1 aromatic heterocycles. The molecular weight excluding hydrogens is 292 g/mol. The van der Waals surface area contributed by atoms with Crippen molar-refractivity contribution in [1.82, 2.24) is 15.0 Å². The first-order valence-electron chi connectivity index (χ1n) is 5.57. The first kappa shape index (κ1) is 11.4. The predicted molar refractivity (Wildman–Crippen MR) is 74.5 cm³/mol. The molecule has 2 aromatic carbocycles. The van der Waals surface area contributed by atoms with Crippen LogP contribution in [0.5, 0.6) is 0 Å². The topological polar surface area (TPSA) is 56.7 Å². The van der Waals surface area contributed by atoms with E-state index in [0.29, 0.717) is 6.54 Å². The highest BCUT2D eigenvalue weighted by Crippen LogP contribution is 2.22. The van der Waals surface area contributed by atoms with Crippen LogP contribution in [0.25, 0.3) is 16.5 Å². The zero-order valence-electron chi connectivity index (χ0n) is 9.55. The van der Waals surface area contributed by atoms with E-state index in [1.165, 1.54) is 5.39 Å². The Balaban J connectivity index is 2.16. The number of fused-ring (bicyclic) bond motifs is 1. The van der Waals surface area contributed by atoms with Gasteiger partial charge < -0.3 is 5.73 Å². The summed E-state index contributed by atoms with van der Waals surface area (Å²) in [6.07, 6.45) is 1.69. The lowest BCUT2D eigenvalue weighted by Crippen LogP contribution is -2.06. The molecule has 0 spiro atoms. The number of halogens is 1. The van der Waals surface area contributed by atoms with Gasteiger partial charge in [-0.15, -0.1) is 5.10 Å². The van der Waals surface area contributed by atoms with E-state index in [1.807, 2.05) is 12.1 Å². The number of rotatable bonds is 2. The van der Waals surface area contributed by atoms with E-state index in [9.17, 15) is 0 Å². The smallest absolute Gasteiger partial charge is 0.0781 e. The molecule has 0 fully saturated rings. The molecule has 0 aliphatic carbocycles. The monoisotopic (exact) mass is 302 g/mol. The first-order chi connectivity index (χ1) is 8.78. The van der Waals surface area contributed by atoms with Gasteiger partial charge in [-0.2, -0.15) is 0 Å². The second kappa shape index (κ2) is 4.51. The quantitative estimate of drug-likeness (QED) is 0.792. The molecule has 5 heteroatoms. The fourth-order valence-electron chi connectivity index (χ4n) is 1.95. The lowest BCUT2D eigenvalue weighted by molar-refractivity contribution is 0.762. The molecule has 90 valence electrons. The van der Waals surface area contributed by atoms with Crippen molar-refractivity contribution in [3.05, 3.63) is 52.8 Å². The van der Waals surface area contributed by atoms with E-state index in [4.69, 9.17) is 5.73 Å². The summed E-state index contributed by atoms with van der Waals surface area (Å²) in [5.41, 5.74) is 7.53. The normalized spacial score (nSPS) is 11.0. The Hall–Kier alpha value is -1.72. The number of nitrogens with two attached hydrogens (primary N) is 1. The highest BCUT2D eigenvalue weighted by molar-refractivity contribution is 9.10. The maximum absolute atomic E-state index is 5.66. The Morgan fingerprint density at radius 3 is 2.72 bits per heavy atom. The lowest BCUT2D eigenvalue weighted by atomic mass is 10.1. The molecule has 2 N–H and O–H groups in total. The summed E-state index contributed by atoms with van der Waals surface area (Å²) >= 11 is 3.47. The highest BCUT2D eigenvalue weighted by atomic mass is 79.9. The van der Waals surface area contributed by atoms with Crippen LogP contribution in [0.1, 0.15) is 5.69 Å². The third-order valence-corrected chi connectivity index (χ3v) is 3.35. The minimum atomic E-state index is 0.422. The van der Waals surface area contributed by atoms with E-state index >= 15 is 0 Å². The van der Waals surface area contributed by atoms with Crippen LogP contribution >= 0.6 is 15.9 Å². The van der Waals surface area contributed by atoms with Crippen LogP contribution in [-0.2, 0) is 6.54 Å². The van der Waals surface area contributed by atoms with Crippen molar-refractivity contribution in [3.63, 3.8) is 0 Å². The summed E-state index contributed by atoms with van der Waals surface area (Å²) in [6, 6.07) is 12.3. The summed E-state index contributed by atoms with van der Waals surface area (Å²) in [7, 11) is 0. The van der Waals surface area contributed by atoms with Gasteiger partial charge in [0.05, 0.1) is 17.6 Å². The third-order valence-electron chi connectivity index (χ3n) is 2.86. The molecule has 18 heavy (non-hydrogen) atoms. The van der Waals surface area contributed by atoms with Gasteiger partial charge in [0.2, 0.25) is 0 Å². The fraction of sp³-hybridized carbons (Fsp3) is 0.0769. The second-order valence-corrected chi connectivity index (χ2v) is 4.93. The maximum Gasteiger partial charge on any atom is 0.0781 e. The fourth-order valence-corrected chi connectivity index (χ4v) is 2.33. The van der Waals surface area contributed by atoms with Gasteiger partial charge in [-0.25, -0.2) is 4.68 Å². The summed E-state index contributed by atoms with van der Waals surface area (Å²) in [5.74, 6) is 0. The highest BCUT2D eigenvalue weighted by Gasteiger charge is 2.05. The average Bonchev–Trinajstić information content (AvgIpc) is 2.86. The van der Waals surface area contributed by atoms with E-state index in [0.717, 1.165) is 21.2 Å². The largest absolute Gasteiger partial charge is 0.325 e. The molecular formula is C13H11BrN4.